The Morgan fingerprint density at radius 1 is 0.950 bits per heavy atom. The van der Waals surface area contributed by atoms with Crippen LogP contribution < -0.4 is 10.1 Å². The van der Waals surface area contributed by atoms with Gasteiger partial charge in [-0.2, -0.15) is 0 Å². The topological polar surface area (TPSA) is 21.3 Å². The van der Waals surface area contributed by atoms with Crippen molar-refractivity contribution in [3.8, 4) is 5.75 Å². The van der Waals surface area contributed by atoms with Gasteiger partial charge in [-0.05, 0) is 19.2 Å². The van der Waals surface area contributed by atoms with Gasteiger partial charge in [-0.15, -0.1) is 0 Å². The van der Waals surface area contributed by atoms with Crippen LogP contribution >= 0.6 is 0 Å². The van der Waals surface area contributed by atoms with E-state index in [0.29, 0.717) is 5.75 Å². The normalized spacial score (nSPS) is 12.2. The van der Waals surface area contributed by atoms with Crippen molar-refractivity contribution < 1.29 is 17.9 Å². The number of hydrogen-bond acceptors (Lipinski definition) is 2. The molecule has 0 saturated heterocycles. The number of methoxy groups -OCH3 is 1. The number of benzene rings is 2. The SMILES string of the molecule is CNC(c1ccc(F)cc1F)c1ccc(OC)cc1F. The minimum absolute atomic E-state index is 0.179. The van der Waals surface area contributed by atoms with Crippen LogP contribution in [-0.2, 0) is 0 Å². The van der Waals surface area contributed by atoms with E-state index in [9.17, 15) is 13.2 Å². The molecule has 5 heteroatoms. The van der Waals surface area contributed by atoms with Crippen molar-refractivity contribution in [1.82, 2.24) is 5.32 Å². The van der Waals surface area contributed by atoms with E-state index in [1.165, 1.54) is 25.3 Å². The molecular weight excluding hydrogens is 267 g/mol. The lowest BCUT2D eigenvalue weighted by atomic mass is 9.97. The number of nitrogens with one attached hydrogen (secondary N) is 1. The summed E-state index contributed by atoms with van der Waals surface area (Å²) in [6, 6.07) is 6.84. The average Bonchev–Trinajstić information content (AvgIpc) is 2.43. The van der Waals surface area contributed by atoms with E-state index in [1.807, 2.05) is 0 Å². The highest BCUT2D eigenvalue weighted by Gasteiger charge is 2.20. The third-order valence-corrected chi connectivity index (χ3v) is 3.08. The third kappa shape index (κ3) is 2.77. The molecule has 0 heterocycles. The predicted octanol–water partition coefficient (Wildman–Crippen LogP) is 3.42. The maximum absolute atomic E-state index is 14.1. The monoisotopic (exact) mass is 281 g/mol. The predicted molar refractivity (Wildman–Crippen MR) is 70.2 cm³/mol. The first-order valence-electron chi connectivity index (χ1n) is 6.02. The highest BCUT2D eigenvalue weighted by Crippen LogP contribution is 2.28. The van der Waals surface area contributed by atoms with Crippen molar-refractivity contribution in [1.29, 1.82) is 0 Å². The van der Waals surface area contributed by atoms with Crippen LogP contribution in [0.5, 0.6) is 5.75 Å². The van der Waals surface area contributed by atoms with Gasteiger partial charge in [0.15, 0.2) is 0 Å². The molecular formula is C15H14F3NO. The molecule has 0 aliphatic carbocycles. The number of hydrogen-bond donors (Lipinski definition) is 1. The zero-order valence-corrected chi connectivity index (χ0v) is 11.1. The second-order valence-corrected chi connectivity index (χ2v) is 4.27. The van der Waals surface area contributed by atoms with Gasteiger partial charge in [-0.1, -0.05) is 12.1 Å². The van der Waals surface area contributed by atoms with Crippen molar-refractivity contribution >= 4 is 0 Å². The highest BCUT2D eigenvalue weighted by atomic mass is 19.1. The summed E-state index contributed by atoms with van der Waals surface area (Å²) >= 11 is 0. The first kappa shape index (κ1) is 14.4. The molecule has 0 aromatic heterocycles. The molecule has 0 spiro atoms. The van der Waals surface area contributed by atoms with Gasteiger partial charge in [0.05, 0.1) is 13.2 Å². The molecule has 0 saturated carbocycles. The van der Waals surface area contributed by atoms with Gasteiger partial charge in [-0.25, -0.2) is 13.2 Å². The zero-order chi connectivity index (χ0) is 14.7. The summed E-state index contributed by atoms with van der Waals surface area (Å²) in [5, 5.41) is 2.83. The van der Waals surface area contributed by atoms with Crippen LogP contribution in [0.2, 0.25) is 0 Å². The molecule has 0 aliphatic rings. The molecule has 1 unspecified atom stereocenters. The molecule has 0 amide bonds. The van der Waals surface area contributed by atoms with Crippen molar-refractivity contribution in [2.24, 2.45) is 0 Å². The summed E-state index contributed by atoms with van der Waals surface area (Å²) in [4.78, 5) is 0. The number of rotatable bonds is 4. The second kappa shape index (κ2) is 5.96. The standard InChI is InChI=1S/C15H14F3NO/c1-19-15(11-5-3-9(16)7-13(11)17)12-6-4-10(20-2)8-14(12)18/h3-8,15,19H,1-2H3. The maximum Gasteiger partial charge on any atom is 0.132 e. The van der Waals surface area contributed by atoms with Crippen molar-refractivity contribution in [3.05, 3.63) is 65.0 Å². The minimum atomic E-state index is -0.723. The molecule has 106 valence electrons. The Morgan fingerprint density at radius 3 is 2.05 bits per heavy atom. The second-order valence-electron chi connectivity index (χ2n) is 4.27. The van der Waals surface area contributed by atoms with Gasteiger partial charge in [0.25, 0.3) is 0 Å². The van der Waals surface area contributed by atoms with Crippen molar-refractivity contribution in [2.75, 3.05) is 14.2 Å². The van der Waals surface area contributed by atoms with Crippen LogP contribution in [0.1, 0.15) is 17.2 Å². The highest BCUT2D eigenvalue weighted by molar-refractivity contribution is 5.37. The van der Waals surface area contributed by atoms with E-state index in [0.717, 1.165) is 12.1 Å². The molecule has 0 aliphatic heterocycles. The molecule has 0 radical (unpaired) electrons. The molecule has 2 nitrogen and oxygen atoms in total. The molecule has 2 aromatic rings. The first-order chi connectivity index (χ1) is 9.56. The Bertz CT molecular complexity index is 616. The quantitative estimate of drug-likeness (QED) is 0.927. The lowest BCUT2D eigenvalue weighted by Gasteiger charge is -2.19. The molecule has 1 N–H and O–H groups in total. The largest absolute Gasteiger partial charge is 0.497 e. The van der Waals surface area contributed by atoms with Crippen LogP contribution in [0.3, 0.4) is 0 Å². The van der Waals surface area contributed by atoms with Gasteiger partial charge >= 0.3 is 0 Å². The summed E-state index contributed by atoms with van der Waals surface area (Å²) in [6.07, 6.45) is 0. The fourth-order valence-electron chi connectivity index (χ4n) is 2.08. The number of ether oxygens (including phenoxy) is 1. The van der Waals surface area contributed by atoms with Gasteiger partial charge in [0.1, 0.15) is 23.2 Å². The summed E-state index contributed by atoms with van der Waals surface area (Å²) in [5.41, 5.74) is 0.441. The Balaban J connectivity index is 2.47. The van der Waals surface area contributed by atoms with Crippen LogP contribution in [0, 0.1) is 17.5 Å². The van der Waals surface area contributed by atoms with Crippen LogP contribution in [0.25, 0.3) is 0 Å². The molecule has 0 bridgehead atoms. The minimum Gasteiger partial charge on any atom is -0.497 e. The summed E-state index contributed by atoms with van der Waals surface area (Å²) in [7, 11) is 3.01. The fraction of sp³-hybridized carbons (Fsp3) is 0.200. The van der Waals surface area contributed by atoms with Crippen LogP contribution in [-0.4, -0.2) is 14.2 Å². The van der Waals surface area contributed by atoms with Gasteiger partial charge in [0.2, 0.25) is 0 Å². The Hall–Kier alpha value is -2.01. The molecule has 2 aromatic carbocycles. The van der Waals surface area contributed by atoms with Crippen LogP contribution in [0.15, 0.2) is 36.4 Å². The molecule has 20 heavy (non-hydrogen) atoms. The molecule has 2 rings (SSSR count). The van der Waals surface area contributed by atoms with Gasteiger partial charge < -0.3 is 10.1 Å². The Labute approximate surface area is 115 Å². The van der Waals surface area contributed by atoms with Crippen molar-refractivity contribution in [3.63, 3.8) is 0 Å². The fourth-order valence-corrected chi connectivity index (χ4v) is 2.08. The van der Waals surface area contributed by atoms with Gasteiger partial charge in [0, 0.05) is 23.3 Å². The average molecular weight is 281 g/mol. The number of halogens is 3. The summed E-state index contributed by atoms with van der Waals surface area (Å²) < 4.78 is 45.7. The third-order valence-electron chi connectivity index (χ3n) is 3.08. The van der Waals surface area contributed by atoms with E-state index < -0.39 is 23.5 Å². The zero-order valence-electron chi connectivity index (χ0n) is 11.1. The van der Waals surface area contributed by atoms with E-state index in [1.54, 1.807) is 13.1 Å². The lowest BCUT2D eigenvalue weighted by molar-refractivity contribution is 0.410. The first-order valence-corrected chi connectivity index (χ1v) is 6.02. The Kier molecular flexibility index (Phi) is 4.29. The van der Waals surface area contributed by atoms with E-state index in [-0.39, 0.29) is 11.1 Å². The molecule has 0 fully saturated rings. The molecule has 1 atom stereocenters. The van der Waals surface area contributed by atoms with E-state index in [4.69, 9.17) is 4.74 Å². The van der Waals surface area contributed by atoms with Crippen molar-refractivity contribution in [2.45, 2.75) is 6.04 Å². The maximum atomic E-state index is 14.1. The van der Waals surface area contributed by atoms with Crippen LogP contribution in [0.4, 0.5) is 13.2 Å². The summed E-state index contributed by atoms with van der Waals surface area (Å²) in [5.74, 6) is -1.54. The van der Waals surface area contributed by atoms with E-state index >= 15 is 0 Å². The smallest absolute Gasteiger partial charge is 0.132 e. The van der Waals surface area contributed by atoms with Gasteiger partial charge in [-0.3, -0.25) is 0 Å². The van der Waals surface area contributed by atoms with E-state index in [2.05, 4.69) is 5.32 Å². The Morgan fingerprint density at radius 2 is 1.55 bits per heavy atom. The lowest BCUT2D eigenvalue weighted by Crippen LogP contribution is -2.20. The summed E-state index contributed by atoms with van der Waals surface area (Å²) in [6.45, 7) is 0.